The molecular weight excluding hydrogens is 200 g/mol. The molecule has 0 bridgehead atoms. The van der Waals surface area contributed by atoms with Gasteiger partial charge in [0.25, 0.3) is 0 Å². The van der Waals surface area contributed by atoms with Gasteiger partial charge < -0.3 is 0 Å². The summed E-state index contributed by atoms with van der Waals surface area (Å²) in [4.78, 5) is 2.14. The molecule has 88 valence electrons. The van der Waals surface area contributed by atoms with E-state index < -0.39 is 0 Å². The third-order valence-corrected chi connectivity index (χ3v) is 2.65. The number of aryl methyl sites for hydroxylation is 2. The number of nitrogens with zero attached hydrogens (tertiary/aromatic N) is 4. The van der Waals surface area contributed by atoms with E-state index in [1.165, 1.54) is 5.69 Å². The number of hydrogen-bond acceptors (Lipinski definition) is 3. The first kappa shape index (κ1) is 12.7. The Bertz CT molecular complexity index is 373. The van der Waals surface area contributed by atoms with E-state index in [0.29, 0.717) is 12.6 Å². The Labute approximate surface area is 97.5 Å². The summed E-state index contributed by atoms with van der Waals surface area (Å²) < 4.78 is 2.00. The minimum absolute atomic E-state index is 0.375. The smallest absolute Gasteiger partial charge is 0.0871 e. The van der Waals surface area contributed by atoms with Crippen molar-refractivity contribution in [2.45, 2.75) is 46.8 Å². The van der Waals surface area contributed by atoms with Crippen molar-refractivity contribution in [3.63, 3.8) is 0 Å². The number of nitriles is 1. The van der Waals surface area contributed by atoms with Gasteiger partial charge in [-0.15, -0.1) is 0 Å². The van der Waals surface area contributed by atoms with Crippen LogP contribution in [0.3, 0.4) is 0 Å². The maximum absolute atomic E-state index is 8.78. The lowest BCUT2D eigenvalue weighted by atomic mass is 10.2. The summed E-state index contributed by atoms with van der Waals surface area (Å²) in [5.74, 6) is 0. The zero-order valence-electron chi connectivity index (χ0n) is 10.6. The van der Waals surface area contributed by atoms with Crippen LogP contribution in [0, 0.1) is 18.3 Å². The zero-order chi connectivity index (χ0) is 12.1. The summed E-state index contributed by atoms with van der Waals surface area (Å²) in [6.07, 6.45) is 0. The van der Waals surface area contributed by atoms with Crippen molar-refractivity contribution in [1.82, 2.24) is 14.7 Å². The summed E-state index contributed by atoms with van der Waals surface area (Å²) in [6, 6.07) is 4.68. The van der Waals surface area contributed by atoms with Crippen molar-refractivity contribution in [3.8, 4) is 6.07 Å². The Balaban J connectivity index is 2.80. The molecule has 0 saturated carbocycles. The van der Waals surface area contributed by atoms with E-state index in [1.54, 1.807) is 0 Å². The molecule has 0 radical (unpaired) electrons. The van der Waals surface area contributed by atoms with Gasteiger partial charge in [-0.25, -0.2) is 0 Å². The molecule has 0 aliphatic heterocycles. The lowest BCUT2D eigenvalue weighted by Crippen LogP contribution is -2.31. The van der Waals surface area contributed by atoms with Crippen molar-refractivity contribution in [3.05, 3.63) is 17.5 Å². The normalized spacial score (nSPS) is 11.1. The van der Waals surface area contributed by atoms with Gasteiger partial charge in [0, 0.05) is 19.1 Å². The van der Waals surface area contributed by atoms with E-state index in [0.717, 1.165) is 18.8 Å². The first-order valence-electron chi connectivity index (χ1n) is 5.72. The summed E-state index contributed by atoms with van der Waals surface area (Å²) in [6.45, 7) is 10.4. The number of aromatic nitrogens is 2. The van der Waals surface area contributed by atoms with Crippen LogP contribution in [0.1, 0.15) is 32.2 Å². The van der Waals surface area contributed by atoms with Gasteiger partial charge in [0.15, 0.2) is 0 Å². The molecule has 0 unspecified atom stereocenters. The zero-order valence-corrected chi connectivity index (χ0v) is 10.6. The quantitative estimate of drug-likeness (QED) is 0.712. The van der Waals surface area contributed by atoms with Gasteiger partial charge in [-0.1, -0.05) is 0 Å². The van der Waals surface area contributed by atoms with E-state index in [-0.39, 0.29) is 0 Å². The molecule has 0 aliphatic rings. The Morgan fingerprint density at radius 1 is 1.56 bits per heavy atom. The molecule has 0 atom stereocenters. The molecule has 16 heavy (non-hydrogen) atoms. The molecule has 0 fully saturated rings. The second-order valence-corrected chi connectivity index (χ2v) is 4.25. The molecule has 0 aromatic carbocycles. The predicted molar refractivity (Wildman–Crippen MR) is 63.8 cm³/mol. The fraction of sp³-hybridized carbons (Fsp3) is 0.667. The highest BCUT2D eigenvalue weighted by Crippen LogP contribution is 2.09. The van der Waals surface area contributed by atoms with Crippen LogP contribution in [0.5, 0.6) is 0 Å². The molecule has 1 aromatic heterocycles. The molecule has 0 saturated heterocycles. The maximum atomic E-state index is 8.78. The van der Waals surface area contributed by atoms with Crippen molar-refractivity contribution in [2.24, 2.45) is 0 Å². The van der Waals surface area contributed by atoms with Crippen LogP contribution in [0.25, 0.3) is 0 Å². The molecular formula is C12H20N4. The highest BCUT2D eigenvalue weighted by atomic mass is 15.3. The average molecular weight is 220 g/mol. The summed E-state index contributed by atoms with van der Waals surface area (Å²) >= 11 is 0. The Hall–Kier alpha value is -1.34. The lowest BCUT2D eigenvalue weighted by molar-refractivity contribution is 0.233. The first-order valence-corrected chi connectivity index (χ1v) is 5.72. The van der Waals surface area contributed by atoms with Crippen molar-refractivity contribution >= 4 is 0 Å². The Morgan fingerprint density at radius 3 is 2.75 bits per heavy atom. The largest absolute Gasteiger partial charge is 0.282 e. The SMILES string of the molecule is CCn1nc(C)cc1CN(CC#N)C(C)C. The van der Waals surface area contributed by atoms with Gasteiger partial charge in [0.05, 0.1) is 24.0 Å². The molecule has 1 aromatic rings. The second-order valence-electron chi connectivity index (χ2n) is 4.25. The van der Waals surface area contributed by atoms with Crippen molar-refractivity contribution in [2.75, 3.05) is 6.54 Å². The summed E-state index contributed by atoms with van der Waals surface area (Å²) in [7, 11) is 0. The molecule has 1 heterocycles. The summed E-state index contributed by atoms with van der Waals surface area (Å²) in [5, 5.41) is 13.2. The molecule has 1 rings (SSSR count). The fourth-order valence-corrected chi connectivity index (χ4v) is 1.72. The number of rotatable bonds is 5. The average Bonchev–Trinajstić information content (AvgIpc) is 2.58. The first-order chi connectivity index (χ1) is 7.58. The molecule has 4 heteroatoms. The lowest BCUT2D eigenvalue weighted by Gasteiger charge is -2.23. The standard InChI is InChI=1S/C12H20N4/c1-5-16-12(8-11(4)14-16)9-15(7-6-13)10(2)3/h8,10H,5,7,9H2,1-4H3. The van der Waals surface area contributed by atoms with Gasteiger partial charge in [-0.2, -0.15) is 10.4 Å². The Kier molecular flexibility index (Phi) is 4.51. The van der Waals surface area contributed by atoms with Gasteiger partial charge in [0.2, 0.25) is 0 Å². The van der Waals surface area contributed by atoms with E-state index in [2.05, 4.69) is 42.9 Å². The maximum Gasteiger partial charge on any atom is 0.0871 e. The third kappa shape index (κ3) is 3.07. The number of hydrogen-bond donors (Lipinski definition) is 0. The fourth-order valence-electron chi connectivity index (χ4n) is 1.72. The van der Waals surface area contributed by atoms with Crippen LogP contribution >= 0.6 is 0 Å². The molecule has 4 nitrogen and oxygen atoms in total. The summed E-state index contributed by atoms with van der Waals surface area (Å²) in [5.41, 5.74) is 2.22. The van der Waals surface area contributed by atoms with Gasteiger partial charge in [-0.3, -0.25) is 9.58 Å². The molecule has 0 amide bonds. The predicted octanol–water partition coefficient (Wildman–Crippen LogP) is 1.95. The van der Waals surface area contributed by atoms with Crippen LogP contribution in [-0.2, 0) is 13.1 Å². The highest BCUT2D eigenvalue weighted by Gasteiger charge is 2.12. The van der Waals surface area contributed by atoms with Crippen LogP contribution in [0.4, 0.5) is 0 Å². The van der Waals surface area contributed by atoms with E-state index in [4.69, 9.17) is 5.26 Å². The van der Waals surface area contributed by atoms with Crippen molar-refractivity contribution in [1.29, 1.82) is 5.26 Å². The highest BCUT2D eigenvalue weighted by molar-refractivity contribution is 5.09. The minimum atomic E-state index is 0.375. The molecule has 0 N–H and O–H groups in total. The Morgan fingerprint density at radius 2 is 2.25 bits per heavy atom. The van der Waals surface area contributed by atoms with E-state index >= 15 is 0 Å². The van der Waals surface area contributed by atoms with E-state index in [9.17, 15) is 0 Å². The van der Waals surface area contributed by atoms with Crippen LogP contribution in [0.2, 0.25) is 0 Å². The topological polar surface area (TPSA) is 44.9 Å². The second kappa shape index (κ2) is 5.66. The van der Waals surface area contributed by atoms with Crippen LogP contribution in [-0.4, -0.2) is 27.3 Å². The van der Waals surface area contributed by atoms with E-state index in [1.807, 2.05) is 11.6 Å². The molecule has 0 spiro atoms. The van der Waals surface area contributed by atoms with Gasteiger partial charge in [-0.05, 0) is 33.8 Å². The van der Waals surface area contributed by atoms with Crippen LogP contribution < -0.4 is 0 Å². The van der Waals surface area contributed by atoms with Crippen LogP contribution in [0.15, 0.2) is 6.07 Å². The van der Waals surface area contributed by atoms with Gasteiger partial charge >= 0.3 is 0 Å². The minimum Gasteiger partial charge on any atom is -0.282 e. The van der Waals surface area contributed by atoms with Crippen molar-refractivity contribution < 1.29 is 0 Å². The van der Waals surface area contributed by atoms with Gasteiger partial charge in [0.1, 0.15) is 0 Å². The monoisotopic (exact) mass is 220 g/mol. The third-order valence-electron chi connectivity index (χ3n) is 2.65. The molecule has 0 aliphatic carbocycles.